The summed E-state index contributed by atoms with van der Waals surface area (Å²) in [6.45, 7) is 1.57. The van der Waals surface area contributed by atoms with Crippen LogP contribution in [0.5, 0.6) is 0 Å². The van der Waals surface area contributed by atoms with Crippen LogP contribution in [-0.4, -0.2) is 49.0 Å². The maximum Gasteiger partial charge on any atom is 0.329 e. The summed E-state index contributed by atoms with van der Waals surface area (Å²) in [5, 5.41) is 5.19. The minimum atomic E-state index is -0.728. The smallest absolute Gasteiger partial charge is 0.329 e. The molecule has 0 aromatic rings. The number of methoxy groups -OCH3 is 1. The van der Waals surface area contributed by atoms with E-state index >= 15 is 0 Å². The molecule has 0 fully saturated rings. The number of carbonyl (C=O) groups is 3. The number of ether oxygens (including phenoxy) is 1. The van der Waals surface area contributed by atoms with E-state index < -0.39 is 24.0 Å². The summed E-state index contributed by atoms with van der Waals surface area (Å²) in [6.07, 6.45) is 8.86. The quantitative estimate of drug-likeness (QED) is 0.659. The van der Waals surface area contributed by atoms with E-state index in [1.807, 2.05) is 6.26 Å². The molecule has 2 atom stereocenters. The molecule has 0 aliphatic heterocycles. The monoisotopic (exact) mass is 312 g/mol. The van der Waals surface area contributed by atoms with Gasteiger partial charge in [0.2, 0.25) is 11.8 Å². The fourth-order valence-corrected chi connectivity index (χ4v) is 2.31. The van der Waals surface area contributed by atoms with Gasteiger partial charge in [0.05, 0.1) is 13.0 Å². The molecule has 6 nitrogen and oxygen atoms in total. The zero-order valence-electron chi connectivity index (χ0n) is 12.3. The van der Waals surface area contributed by atoms with Gasteiger partial charge in [-0.2, -0.15) is 11.8 Å². The van der Waals surface area contributed by atoms with Gasteiger partial charge in [0.1, 0.15) is 12.1 Å². The molecule has 2 N–H and O–H groups in total. The number of nitrogens with one attached hydrogen (secondary N) is 2. The molecule has 1 aliphatic rings. The van der Waals surface area contributed by atoms with Gasteiger partial charge in [0.25, 0.3) is 0 Å². The molecule has 1 rings (SSSR count). The second-order valence-electron chi connectivity index (χ2n) is 4.57. The zero-order chi connectivity index (χ0) is 15.8. The molecular weight excluding hydrogens is 292 g/mol. The van der Waals surface area contributed by atoms with Crippen LogP contribution in [0.3, 0.4) is 0 Å². The number of esters is 1. The second-order valence-corrected chi connectivity index (χ2v) is 5.48. The number of hydrogen-bond donors (Lipinski definition) is 2. The van der Waals surface area contributed by atoms with Crippen molar-refractivity contribution < 1.29 is 19.1 Å². The first-order chi connectivity index (χ1) is 9.99. The minimum absolute atomic E-state index is 0.248. The van der Waals surface area contributed by atoms with Gasteiger partial charge >= 0.3 is 5.97 Å². The first kappa shape index (κ1) is 17.3. The minimum Gasteiger partial charge on any atom is -0.467 e. The van der Waals surface area contributed by atoms with Gasteiger partial charge in [-0.05, 0) is 13.2 Å². The van der Waals surface area contributed by atoms with Crippen LogP contribution in [0.15, 0.2) is 24.3 Å². The molecule has 116 valence electrons. The van der Waals surface area contributed by atoms with Gasteiger partial charge in [0, 0.05) is 5.75 Å². The van der Waals surface area contributed by atoms with Crippen LogP contribution in [0.25, 0.3) is 0 Å². The van der Waals surface area contributed by atoms with Crippen molar-refractivity contribution in [1.82, 2.24) is 10.6 Å². The Labute approximate surface area is 128 Å². The van der Waals surface area contributed by atoms with E-state index in [0.29, 0.717) is 5.75 Å². The molecule has 2 amide bonds. The summed E-state index contributed by atoms with van der Waals surface area (Å²) in [5.41, 5.74) is 0. The third-order valence-electron chi connectivity index (χ3n) is 2.94. The summed E-state index contributed by atoms with van der Waals surface area (Å²) in [6, 6.07) is -1.45. The van der Waals surface area contributed by atoms with E-state index in [1.165, 1.54) is 18.9 Å². The van der Waals surface area contributed by atoms with Gasteiger partial charge in [0.15, 0.2) is 0 Å². The third kappa shape index (κ3) is 5.26. The summed E-state index contributed by atoms with van der Waals surface area (Å²) in [4.78, 5) is 35.4. The summed E-state index contributed by atoms with van der Waals surface area (Å²) < 4.78 is 4.64. The Morgan fingerprint density at radius 1 is 1.24 bits per heavy atom. The molecule has 0 unspecified atom stereocenters. The van der Waals surface area contributed by atoms with Gasteiger partial charge < -0.3 is 15.4 Å². The molecule has 0 saturated carbocycles. The molecule has 0 bridgehead atoms. The lowest BCUT2D eigenvalue weighted by Gasteiger charge is -2.20. The Bertz CT molecular complexity index is 450. The predicted molar refractivity (Wildman–Crippen MR) is 81.7 cm³/mol. The van der Waals surface area contributed by atoms with Crippen molar-refractivity contribution in [1.29, 1.82) is 0 Å². The summed E-state index contributed by atoms with van der Waals surface area (Å²) in [7, 11) is 1.27. The molecular formula is C14H20N2O4S. The van der Waals surface area contributed by atoms with Crippen LogP contribution >= 0.6 is 11.8 Å². The summed E-state index contributed by atoms with van der Waals surface area (Å²) >= 11 is 1.42. The highest BCUT2D eigenvalue weighted by Crippen LogP contribution is 2.09. The van der Waals surface area contributed by atoms with Crippen molar-refractivity contribution in [2.75, 3.05) is 19.1 Å². The first-order valence-corrected chi connectivity index (χ1v) is 7.91. The number of rotatable bonds is 7. The lowest BCUT2D eigenvalue weighted by Crippen LogP contribution is -2.52. The zero-order valence-corrected chi connectivity index (χ0v) is 13.1. The van der Waals surface area contributed by atoms with Crippen molar-refractivity contribution in [3.8, 4) is 0 Å². The van der Waals surface area contributed by atoms with Crippen molar-refractivity contribution in [2.45, 2.75) is 19.0 Å². The molecule has 0 heterocycles. The Kier molecular flexibility index (Phi) is 7.01. The van der Waals surface area contributed by atoms with Gasteiger partial charge in [-0.25, -0.2) is 4.79 Å². The van der Waals surface area contributed by atoms with Crippen LogP contribution in [-0.2, 0) is 19.1 Å². The largest absolute Gasteiger partial charge is 0.467 e. The molecule has 0 spiro atoms. The average Bonchev–Trinajstić information content (AvgIpc) is 3.00. The number of amides is 2. The van der Waals surface area contributed by atoms with Crippen LogP contribution in [0.1, 0.15) is 6.92 Å². The van der Waals surface area contributed by atoms with E-state index in [9.17, 15) is 14.4 Å². The molecule has 0 saturated heterocycles. The van der Waals surface area contributed by atoms with E-state index in [1.54, 1.807) is 31.2 Å². The number of thioether (sulfide) groups is 1. The maximum absolute atomic E-state index is 12.0. The molecule has 0 aromatic heterocycles. The fourth-order valence-electron chi connectivity index (χ4n) is 1.76. The molecule has 0 aromatic carbocycles. The van der Waals surface area contributed by atoms with Crippen molar-refractivity contribution in [3.05, 3.63) is 24.3 Å². The van der Waals surface area contributed by atoms with E-state index in [4.69, 9.17) is 0 Å². The van der Waals surface area contributed by atoms with Crippen LogP contribution in [0.2, 0.25) is 0 Å². The van der Waals surface area contributed by atoms with Crippen molar-refractivity contribution in [2.24, 2.45) is 5.92 Å². The molecule has 21 heavy (non-hydrogen) atoms. The van der Waals surface area contributed by atoms with Crippen LogP contribution < -0.4 is 10.6 Å². The molecule has 1 aliphatic carbocycles. The van der Waals surface area contributed by atoms with E-state index in [0.717, 1.165) is 0 Å². The number of hydrogen-bond acceptors (Lipinski definition) is 5. The van der Waals surface area contributed by atoms with Gasteiger partial charge in [-0.3, -0.25) is 9.59 Å². The van der Waals surface area contributed by atoms with Crippen molar-refractivity contribution >= 4 is 29.5 Å². The molecule has 0 radical (unpaired) electrons. The van der Waals surface area contributed by atoms with Crippen molar-refractivity contribution in [3.63, 3.8) is 0 Å². The maximum atomic E-state index is 12.0. The Balaban J connectivity index is 2.52. The normalized spacial score (nSPS) is 16.3. The standard InChI is InChI=1S/C14H20N2O4S/c1-9(15-13(18)10-6-4-5-7-10)12(17)16-11(8-21-3)14(19)20-2/h4-7,9-11H,8H2,1-3H3,(H,15,18)(H,16,17)/t9-,11-/m0/s1. The van der Waals surface area contributed by atoms with Gasteiger partial charge in [-0.15, -0.1) is 0 Å². The Morgan fingerprint density at radius 3 is 2.38 bits per heavy atom. The SMILES string of the molecule is COC(=O)[C@H](CSC)NC(=O)[C@H](C)NC(=O)C1C=CC=C1. The van der Waals surface area contributed by atoms with E-state index in [-0.39, 0.29) is 11.8 Å². The topological polar surface area (TPSA) is 84.5 Å². The fraction of sp³-hybridized carbons (Fsp3) is 0.500. The van der Waals surface area contributed by atoms with Crippen LogP contribution in [0.4, 0.5) is 0 Å². The highest BCUT2D eigenvalue weighted by atomic mass is 32.2. The molecule has 7 heteroatoms. The Hall–Kier alpha value is -1.76. The summed E-state index contributed by atoms with van der Waals surface area (Å²) in [5.74, 6) is -1.10. The number of carbonyl (C=O) groups excluding carboxylic acids is 3. The average molecular weight is 312 g/mol. The second kappa shape index (κ2) is 8.51. The third-order valence-corrected chi connectivity index (χ3v) is 3.60. The first-order valence-electron chi connectivity index (χ1n) is 6.52. The highest BCUT2D eigenvalue weighted by Gasteiger charge is 2.25. The highest BCUT2D eigenvalue weighted by molar-refractivity contribution is 7.98. The predicted octanol–water partition coefficient (Wildman–Crippen LogP) is 0.254. The van der Waals surface area contributed by atoms with Crippen LogP contribution in [0, 0.1) is 5.92 Å². The van der Waals surface area contributed by atoms with E-state index in [2.05, 4.69) is 15.4 Å². The number of allylic oxidation sites excluding steroid dienone is 2. The van der Waals surface area contributed by atoms with Gasteiger partial charge in [-0.1, -0.05) is 24.3 Å². The lowest BCUT2D eigenvalue weighted by atomic mass is 10.1. The Morgan fingerprint density at radius 2 is 1.86 bits per heavy atom. The lowest BCUT2D eigenvalue weighted by molar-refractivity contribution is -0.144.